The van der Waals surface area contributed by atoms with Gasteiger partial charge in [0.2, 0.25) is 5.82 Å². The van der Waals surface area contributed by atoms with E-state index < -0.39 is 17.9 Å². The van der Waals surface area contributed by atoms with Crippen LogP contribution in [-0.4, -0.2) is 289 Å². The van der Waals surface area contributed by atoms with E-state index in [1.54, 1.807) is 9.80 Å². The van der Waals surface area contributed by atoms with Crippen LogP contribution < -0.4 is 0 Å². The van der Waals surface area contributed by atoms with Crippen molar-refractivity contribution in [3.63, 3.8) is 0 Å². The van der Waals surface area contributed by atoms with E-state index in [0.717, 1.165) is 40.0 Å². The van der Waals surface area contributed by atoms with Crippen LogP contribution in [0.2, 0.25) is 0 Å². The van der Waals surface area contributed by atoms with Gasteiger partial charge in [0.05, 0.1) is 152 Å². The summed E-state index contributed by atoms with van der Waals surface area (Å²) in [6, 6.07) is 15.4. The first kappa shape index (κ1) is 76.1. The highest BCUT2D eigenvalue weighted by atomic mass is 32.1. The van der Waals surface area contributed by atoms with Crippen molar-refractivity contribution in [2.45, 2.75) is 76.7 Å². The lowest BCUT2D eigenvalue weighted by Gasteiger charge is -2.33. The molecule has 0 bridgehead atoms. The molecule has 0 radical (unpaired) electrons. The predicted molar refractivity (Wildman–Crippen MR) is 330 cm³/mol. The third-order valence-electron chi connectivity index (χ3n) is 13.8. The summed E-state index contributed by atoms with van der Waals surface area (Å²) < 4.78 is 61.2. The maximum Gasteiger partial charge on any atom is 0.317 e. The van der Waals surface area contributed by atoms with Crippen LogP contribution in [0.3, 0.4) is 0 Å². The lowest BCUT2D eigenvalue weighted by atomic mass is 10.00. The van der Waals surface area contributed by atoms with E-state index in [1.165, 1.54) is 6.33 Å². The first-order chi connectivity index (χ1) is 43.4. The van der Waals surface area contributed by atoms with E-state index in [9.17, 15) is 39.3 Å². The zero-order chi connectivity index (χ0) is 63.6. The quantitative estimate of drug-likeness (QED) is 0.0537. The number of rotatable bonds is 56. The Bertz CT molecular complexity index is 2370. The van der Waals surface area contributed by atoms with E-state index in [1.807, 2.05) is 53.4 Å². The molecule has 0 aliphatic carbocycles. The summed E-state index contributed by atoms with van der Waals surface area (Å²) in [5, 5.41) is 44.0. The second-order valence-electron chi connectivity index (χ2n) is 21.0. The molecule has 0 saturated carbocycles. The van der Waals surface area contributed by atoms with Crippen LogP contribution in [0.15, 0.2) is 54.9 Å². The van der Waals surface area contributed by atoms with Crippen molar-refractivity contribution in [2.24, 2.45) is 0 Å². The Morgan fingerprint density at radius 3 is 1.26 bits per heavy atom. The average molecular weight is 1270 g/mol. The smallest absolute Gasteiger partial charge is 0.317 e. The number of aromatic nitrogens is 4. The predicted octanol–water partition coefficient (Wildman–Crippen LogP) is 3.61. The summed E-state index contributed by atoms with van der Waals surface area (Å²) >= 11 is 5.67. The molecule has 1 aliphatic rings. The second-order valence-corrected chi connectivity index (χ2v) is 21.6. The van der Waals surface area contributed by atoms with Crippen LogP contribution in [0.4, 0.5) is 0 Å². The molecule has 1 unspecified atom stereocenters. The van der Waals surface area contributed by atoms with Crippen molar-refractivity contribution in [1.82, 2.24) is 35.1 Å². The van der Waals surface area contributed by atoms with Crippen molar-refractivity contribution in [3.05, 3.63) is 71.5 Å². The van der Waals surface area contributed by atoms with E-state index in [4.69, 9.17) is 64.3 Å². The fourth-order valence-electron chi connectivity index (χ4n) is 9.19. The van der Waals surface area contributed by atoms with Gasteiger partial charge in [0.15, 0.2) is 6.33 Å². The van der Waals surface area contributed by atoms with Gasteiger partial charge in [-0.05, 0) is 60.1 Å². The fourth-order valence-corrected chi connectivity index (χ4v) is 9.50. The number of thiocarbonyl (C=S) groups is 1. The number of carbonyl (C=O) groups is 5. The molecule has 27 heteroatoms. The minimum absolute atomic E-state index is 0.146. The Balaban J connectivity index is 0.810. The molecule has 2 heterocycles. The molecule has 1 atom stereocenters. The number of ether oxygens (including phenoxy) is 11. The third-order valence-corrected chi connectivity index (χ3v) is 14.2. The van der Waals surface area contributed by atoms with Crippen LogP contribution in [0.1, 0.15) is 68.1 Å². The monoisotopic (exact) mass is 1270 g/mol. The van der Waals surface area contributed by atoms with E-state index >= 15 is 0 Å². The van der Waals surface area contributed by atoms with Gasteiger partial charge in [0, 0.05) is 89.6 Å². The number of nitrogens with zero attached hydrogens (tertiary/aromatic N) is 7. The Kier molecular flexibility index (Phi) is 43.0. The van der Waals surface area contributed by atoms with Crippen molar-refractivity contribution >= 4 is 46.6 Å². The van der Waals surface area contributed by atoms with Crippen LogP contribution in [0.5, 0.6) is 0 Å². The fraction of sp³-hybridized carbons (Fsp3) is 0.677. The zero-order valence-electron chi connectivity index (χ0n) is 51.7. The number of carboxylic acid groups (broad SMARTS) is 3. The van der Waals surface area contributed by atoms with Gasteiger partial charge in [-0.1, -0.05) is 60.7 Å². The first-order valence-electron chi connectivity index (χ1n) is 30.8. The van der Waals surface area contributed by atoms with Gasteiger partial charge >= 0.3 is 17.9 Å². The molecule has 3 N–H and O–H groups in total. The summed E-state index contributed by atoms with van der Waals surface area (Å²) in [4.78, 5) is 65.7. The Morgan fingerprint density at radius 1 is 0.427 bits per heavy atom. The van der Waals surface area contributed by atoms with Gasteiger partial charge in [0.1, 0.15) is 11.6 Å². The normalized spacial score (nSPS) is 14.3. The van der Waals surface area contributed by atoms with E-state index in [2.05, 4.69) is 20.4 Å². The molecule has 26 nitrogen and oxygen atoms in total. The Hall–Kier alpha value is -5.34. The number of carbonyl (C=O) groups excluding carboxylic acids is 2. The number of hydrogen-bond acceptors (Lipinski definition) is 24. The molecule has 0 amide bonds. The molecule has 4 rings (SSSR count). The SMILES string of the molecule is O=C(O)CN1CCN(CC(=O)O)CC(Cc2ccc(CC(=S)CCCOCCOCCOCCOCCOCCOCCOCCOCCOCCOCCOCCCC(=O)CCCC(=O)CCc3ccc(-c4nncnn4)cc3)cc2)N(CC(=O)O)CC1. The van der Waals surface area contributed by atoms with Gasteiger partial charge in [-0.15, -0.1) is 20.4 Å². The first-order valence-corrected chi connectivity index (χ1v) is 31.3. The third kappa shape index (κ3) is 40.2. The van der Waals surface area contributed by atoms with Gasteiger partial charge in [0.25, 0.3) is 0 Å². The summed E-state index contributed by atoms with van der Waals surface area (Å²) in [6.07, 6.45) is 7.48. The Morgan fingerprint density at radius 2 is 0.798 bits per heavy atom. The molecular formula is C62H95N7O19S. The molecule has 0 spiro atoms. The largest absolute Gasteiger partial charge is 0.480 e. The number of aryl methyl sites for hydroxylation is 1. The minimum Gasteiger partial charge on any atom is -0.480 e. The minimum atomic E-state index is -1.00. The molecule has 1 aromatic heterocycles. The Labute approximate surface area is 528 Å². The van der Waals surface area contributed by atoms with Gasteiger partial charge in [-0.3, -0.25) is 38.7 Å². The standard InChI is InChI=1S/C62H95N7O19S/c70-56(4-1-5-57(71)17-14-51-12-15-54(16-13-51)62-65-63-50-64-66-62)6-2-22-78-24-26-80-28-30-82-32-34-84-36-38-86-40-42-88-43-41-87-39-37-85-35-33-83-31-29-81-27-25-79-23-3-7-58(89)45-53-10-8-52(9-11-53)44-55-46-68(48-60(74)75)19-18-67(47-59(72)73)20-21-69(55)49-61(76)77/h8-13,15-16,50,55H,1-7,14,17-49H2,(H,72,73)(H,74,75)(H,76,77). The molecule has 3 aromatic rings. The number of benzene rings is 2. The molecule has 498 valence electrons. The maximum atomic E-state index is 12.3. The van der Waals surface area contributed by atoms with E-state index in [0.29, 0.717) is 242 Å². The second kappa shape index (κ2) is 50.3. The molecular weight excluding hydrogens is 1180 g/mol. The molecule has 2 aromatic carbocycles. The van der Waals surface area contributed by atoms with Gasteiger partial charge < -0.3 is 67.4 Å². The van der Waals surface area contributed by atoms with Gasteiger partial charge in [-0.2, -0.15) is 0 Å². The average Bonchev–Trinajstić information content (AvgIpc) is 3.93. The highest BCUT2D eigenvalue weighted by molar-refractivity contribution is 7.80. The van der Waals surface area contributed by atoms with Crippen molar-refractivity contribution < 1.29 is 91.4 Å². The van der Waals surface area contributed by atoms with Crippen LogP contribution in [-0.2, 0) is 95.3 Å². The maximum absolute atomic E-state index is 12.3. The van der Waals surface area contributed by atoms with Crippen molar-refractivity contribution in [2.75, 3.05) is 198 Å². The molecule has 1 aliphatic heterocycles. The number of aliphatic carboxylic acids is 3. The van der Waals surface area contributed by atoms with E-state index in [-0.39, 0.29) is 37.2 Å². The topological polar surface area (TPSA) is 309 Å². The summed E-state index contributed by atoms with van der Waals surface area (Å²) in [5.74, 6) is -2.24. The highest BCUT2D eigenvalue weighted by Gasteiger charge is 2.28. The number of ketones is 2. The van der Waals surface area contributed by atoms with Crippen molar-refractivity contribution in [1.29, 1.82) is 0 Å². The van der Waals surface area contributed by atoms with Crippen LogP contribution in [0.25, 0.3) is 11.4 Å². The number of Topliss-reactive ketones (excluding diaryl/α,β-unsaturated/α-hetero) is 2. The highest BCUT2D eigenvalue weighted by Crippen LogP contribution is 2.18. The summed E-state index contributed by atoms with van der Waals surface area (Å²) in [6.45, 7) is 11.2. The van der Waals surface area contributed by atoms with Crippen LogP contribution in [0, 0.1) is 0 Å². The zero-order valence-corrected chi connectivity index (χ0v) is 52.5. The number of hydrogen-bond donors (Lipinski definition) is 3. The lowest BCUT2D eigenvalue weighted by molar-refractivity contribution is -0.140. The summed E-state index contributed by atoms with van der Waals surface area (Å²) in [7, 11) is 0. The van der Waals surface area contributed by atoms with Gasteiger partial charge in [-0.25, -0.2) is 0 Å². The van der Waals surface area contributed by atoms with Crippen molar-refractivity contribution in [3.8, 4) is 11.4 Å². The molecule has 1 fully saturated rings. The lowest BCUT2D eigenvalue weighted by Crippen LogP contribution is -2.49. The summed E-state index contributed by atoms with van der Waals surface area (Å²) in [5.41, 5.74) is 3.90. The molecule has 89 heavy (non-hydrogen) atoms. The number of carboxylic acids is 3. The van der Waals surface area contributed by atoms with Crippen LogP contribution >= 0.6 is 12.2 Å². The molecule has 1 saturated heterocycles.